The summed E-state index contributed by atoms with van der Waals surface area (Å²) in [6.45, 7) is 4.92. The third-order valence-corrected chi connectivity index (χ3v) is 5.46. The molecule has 1 fully saturated rings. The molecule has 3 rings (SSSR count). The highest BCUT2D eigenvalue weighted by Crippen LogP contribution is 2.36. The maximum atomic E-state index is 5.54. The molecule has 1 aliphatic rings. The van der Waals surface area contributed by atoms with Gasteiger partial charge in [0.25, 0.3) is 0 Å². The second-order valence-corrected chi connectivity index (χ2v) is 7.29. The van der Waals surface area contributed by atoms with Gasteiger partial charge in [0, 0.05) is 5.56 Å². The van der Waals surface area contributed by atoms with Crippen LogP contribution in [0.5, 0.6) is 5.75 Å². The molecule has 2 aromatic rings. The molecule has 0 heterocycles. The zero-order chi connectivity index (χ0) is 18.9. The van der Waals surface area contributed by atoms with E-state index in [-0.39, 0.29) is 0 Å². The smallest absolute Gasteiger partial charge is 0.119 e. The number of allylic oxidation sites excluding steroid dienone is 2. The number of rotatable bonds is 5. The van der Waals surface area contributed by atoms with E-state index in [0.717, 1.165) is 24.3 Å². The summed E-state index contributed by atoms with van der Waals surface area (Å²) < 4.78 is 5.54. The Bertz CT molecular complexity index is 779. The van der Waals surface area contributed by atoms with Crippen molar-refractivity contribution in [2.24, 2.45) is 5.92 Å². The van der Waals surface area contributed by atoms with Gasteiger partial charge in [0.1, 0.15) is 5.75 Å². The van der Waals surface area contributed by atoms with E-state index in [1.807, 2.05) is 6.92 Å². The first-order valence-electron chi connectivity index (χ1n) is 10.3. The lowest BCUT2D eigenvalue weighted by Crippen LogP contribution is -2.11. The zero-order valence-electron chi connectivity index (χ0n) is 16.6. The maximum absolute atomic E-state index is 5.54. The summed E-state index contributed by atoms with van der Waals surface area (Å²) in [6, 6.07) is 17.2. The molecule has 27 heavy (non-hydrogen) atoms. The summed E-state index contributed by atoms with van der Waals surface area (Å²) in [4.78, 5) is 0. The first-order valence-corrected chi connectivity index (χ1v) is 10.3. The molecule has 0 spiro atoms. The SMILES string of the molecule is CCOc1ccc([C@H]2CC[C@H](C=CC#Cc3ccc(CC)cc3)CC2)cc1. The Morgan fingerprint density at radius 1 is 0.926 bits per heavy atom. The molecule has 0 radical (unpaired) electrons. The average molecular weight is 359 g/mol. The van der Waals surface area contributed by atoms with Crippen LogP contribution in [0.25, 0.3) is 0 Å². The van der Waals surface area contributed by atoms with Crippen LogP contribution < -0.4 is 4.74 Å². The first-order chi connectivity index (χ1) is 13.3. The van der Waals surface area contributed by atoms with Crippen molar-refractivity contribution in [2.75, 3.05) is 6.61 Å². The quantitative estimate of drug-likeness (QED) is 0.552. The largest absolute Gasteiger partial charge is 0.494 e. The highest BCUT2D eigenvalue weighted by Gasteiger charge is 2.20. The van der Waals surface area contributed by atoms with Gasteiger partial charge in [-0.1, -0.05) is 49.1 Å². The van der Waals surface area contributed by atoms with E-state index in [1.54, 1.807) is 0 Å². The van der Waals surface area contributed by atoms with Gasteiger partial charge in [-0.05, 0) is 92.3 Å². The van der Waals surface area contributed by atoms with Crippen molar-refractivity contribution in [3.63, 3.8) is 0 Å². The van der Waals surface area contributed by atoms with Crippen LogP contribution in [0, 0.1) is 17.8 Å². The van der Waals surface area contributed by atoms with Gasteiger partial charge in [-0.3, -0.25) is 0 Å². The summed E-state index contributed by atoms with van der Waals surface area (Å²) in [5, 5.41) is 0. The van der Waals surface area contributed by atoms with Crippen LogP contribution in [0.2, 0.25) is 0 Å². The van der Waals surface area contributed by atoms with Crippen molar-refractivity contribution in [2.45, 2.75) is 51.9 Å². The summed E-state index contributed by atoms with van der Waals surface area (Å²) in [5.41, 5.74) is 3.91. The minimum atomic E-state index is 0.667. The Hall–Kier alpha value is -2.46. The fraction of sp³-hybridized carbons (Fsp3) is 0.385. The van der Waals surface area contributed by atoms with E-state index >= 15 is 0 Å². The second-order valence-electron chi connectivity index (χ2n) is 7.29. The van der Waals surface area contributed by atoms with Crippen LogP contribution in [0.4, 0.5) is 0 Å². The molecule has 2 aromatic carbocycles. The maximum Gasteiger partial charge on any atom is 0.119 e. The highest BCUT2D eigenvalue weighted by molar-refractivity contribution is 5.38. The Morgan fingerprint density at radius 2 is 1.63 bits per heavy atom. The molecule has 1 saturated carbocycles. The Kier molecular flexibility index (Phi) is 7.17. The van der Waals surface area contributed by atoms with Crippen molar-refractivity contribution in [1.29, 1.82) is 0 Å². The monoisotopic (exact) mass is 358 g/mol. The Morgan fingerprint density at radius 3 is 2.26 bits per heavy atom. The Labute approximate surface area is 164 Å². The molecule has 0 N–H and O–H groups in total. The van der Waals surface area contributed by atoms with Gasteiger partial charge in [0.05, 0.1) is 6.61 Å². The molecule has 1 nitrogen and oxygen atoms in total. The van der Waals surface area contributed by atoms with E-state index in [0.29, 0.717) is 11.8 Å². The number of hydrogen-bond donors (Lipinski definition) is 0. The summed E-state index contributed by atoms with van der Waals surface area (Å²) >= 11 is 0. The van der Waals surface area contributed by atoms with Gasteiger partial charge >= 0.3 is 0 Å². The summed E-state index contributed by atoms with van der Waals surface area (Å²) in [6.07, 6.45) is 10.5. The van der Waals surface area contributed by atoms with Crippen molar-refractivity contribution in [1.82, 2.24) is 0 Å². The van der Waals surface area contributed by atoms with Gasteiger partial charge in [0.15, 0.2) is 0 Å². The number of benzene rings is 2. The standard InChI is InChI=1S/C26H30O/c1-3-21-9-11-22(12-10-21)7-5-6-8-23-13-15-24(16-14-23)25-17-19-26(20-18-25)27-4-2/h6,8-12,17-20,23-24H,3-4,13-16H2,1-2H3/t23-,24-. The van der Waals surface area contributed by atoms with Gasteiger partial charge in [-0.2, -0.15) is 0 Å². The first kappa shape index (κ1) is 19.3. The van der Waals surface area contributed by atoms with Crippen molar-refractivity contribution >= 4 is 0 Å². The van der Waals surface area contributed by atoms with Crippen LogP contribution >= 0.6 is 0 Å². The fourth-order valence-corrected chi connectivity index (χ4v) is 3.78. The molecule has 1 aliphatic carbocycles. The minimum Gasteiger partial charge on any atom is -0.494 e. The molecular formula is C26H30O. The van der Waals surface area contributed by atoms with E-state index in [1.165, 1.54) is 36.8 Å². The lowest BCUT2D eigenvalue weighted by Gasteiger charge is -2.27. The fourth-order valence-electron chi connectivity index (χ4n) is 3.78. The third kappa shape index (κ3) is 5.76. The number of hydrogen-bond acceptors (Lipinski definition) is 1. The molecule has 0 amide bonds. The summed E-state index contributed by atoms with van der Waals surface area (Å²) in [5.74, 6) is 8.77. The third-order valence-electron chi connectivity index (χ3n) is 5.46. The predicted molar refractivity (Wildman–Crippen MR) is 114 cm³/mol. The van der Waals surface area contributed by atoms with Crippen molar-refractivity contribution in [3.05, 3.63) is 77.4 Å². The minimum absolute atomic E-state index is 0.667. The average Bonchev–Trinajstić information content (AvgIpc) is 2.73. The lowest BCUT2D eigenvalue weighted by atomic mass is 9.78. The van der Waals surface area contributed by atoms with Crippen LogP contribution in [-0.2, 0) is 6.42 Å². The van der Waals surface area contributed by atoms with E-state index in [4.69, 9.17) is 4.74 Å². The van der Waals surface area contributed by atoms with E-state index < -0.39 is 0 Å². The second kappa shape index (κ2) is 10.0. The molecular weight excluding hydrogens is 328 g/mol. The van der Waals surface area contributed by atoms with Gasteiger partial charge in [-0.25, -0.2) is 0 Å². The number of aryl methyl sites for hydroxylation is 1. The molecule has 0 bridgehead atoms. The molecule has 0 aliphatic heterocycles. The van der Waals surface area contributed by atoms with Gasteiger partial charge in [0.2, 0.25) is 0 Å². The van der Waals surface area contributed by atoms with E-state index in [9.17, 15) is 0 Å². The van der Waals surface area contributed by atoms with Crippen molar-refractivity contribution < 1.29 is 4.74 Å². The zero-order valence-corrected chi connectivity index (χ0v) is 16.6. The molecule has 140 valence electrons. The predicted octanol–water partition coefficient (Wildman–Crippen LogP) is 6.53. The van der Waals surface area contributed by atoms with Crippen LogP contribution in [-0.4, -0.2) is 6.61 Å². The molecule has 0 aromatic heterocycles. The topological polar surface area (TPSA) is 9.23 Å². The molecule has 1 heteroatoms. The van der Waals surface area contributed by atoms with Crippen LogP contribution in [0.15, 0.2) is 60.7 Å². The number of ether oxygens (including phenoxy) is 1. The van der Waals surface area contributed by atoms with Crippen LogP contribution in [0.3, 0.4) is 0 Å². The summed E-state index contributed by atoms with van der Waals surface area (Å²) in [7, 11) is 0. The normalized spacial score (nSPS) is 19.5. The van der Waals surface area contributed by atoms with Crippen molar-refractivity contribution in [3.8, 4) is 17.6 Å². The van der Waals surface area contributed by atoms with Gasteiger partial charge in [-0.15, -0.1) is 0 Å². The lowest BCUT2D eigenvalue weighted by molar-refractivity contribution is 0.339. The molecule has 0 atom stereocenters. The molecule has 0 saturated heterocycles. The molecule has 0 unspecified atom stereocenters. The van der Waals surface area contributed by atoms with E-state index in [2.05, 4.69) is 79.4 Å². The van der Waals surface area contributed by atoms with Crippen LogP contribution in [0.1, 0.15) is 62.1 Å². The van der Waals surface area contributed by atoms with Gasteiger partial charge < -0.3 is 4.74 Å². The highest BCUT2D eigenvalue weighted by atomic mass is 16.5. The Balaban J connectivity index is 1.47.